The molecule has 0 aliphatic heterocycles. The van der Waals surface area contributed by atoms with Crippen molar-refractivity contribution in [3.8, 4) is 11.5 Å². The third-order valence-electron chi connectivity index (χ3n) is 4.07. The molecule has 0 atom stereocenters. The number of methoxy groups -OCH3 is 2. The number of nitrogens with one attached hydrogen (secondary N) is 1. The summed E-state index contributed by atoms with van der Waals surface area (Å²) in [6.45, 7) is 3.82. The Labute approximate surface area is 146 Å². The molecule has 0 saturated carbocycles. The van der Waals surface area contributed by atoms with Gasteiger partial charge in [0.15, 0.2) is 0 Å². The Morgan fingerprint density at radius 1 is 1.00 bits per heavy atom. The number of nitrogens with zero attached hydrogens (tertiary/aromatic N) is 1. The lowest BCUT2D eigenvalue weighted by atomic mass is 10.1. The largest absolute Gasteiger partial charge is 0.496 e. The van der Waals surface area contributed by atoms with Gasteiger partial charge < -0.3 is 14.8 Å². The number of fused-ring (bicyclic) bond motifs is 1. The number of amides is 1. The number of para-hydroxylation sites is 1. The molecule has 0 bridgehead atoms. The summed E-state index contributed by atoms with van der Waals surface area (Å²) in [4.78, 5) is 17.2. The predicted octanol–water partition coefficient (Wildman–Crippen LogP) is 4.12. The number of carbonyl (C=O) groups excluding carboxylic acids is 1. The number of pyridine rings is 1. The average Bonchev–Trinajstić information content (AvgIpc) is 2.61. The zero-order valence-electron chi connectivity index (χ0n) is 14.7. The standard InChI is InChI=1S/C20H20N2O3/c1-12-8-9-14(11-18(12)25-4)20(23)22-16-10-13(2)21-19-15(16)6-5-7-17(19)24-3/h5-11H,1-4H3,(H,21,22,23). The van der Waals surface area contributed by atoms with Crippen molar-refractivity contribution in [2.24, 2.45) is 0 Å². The van der Waals surface area contributed by atoms with Crippen LogP contribution in [0.25, 0.3) is 10.9 Å². The van der Waals surface area contributed by atoms with Gasteiger partial charge in [0.2, 0.25) is 0 Å². The Hall–Kier alpha value is -3.08. The molecule has 2 aromatic carbocycles. The van der Waals surface area contributed by atoms with Crippen molar-refractivity contribution in [3.05, 3.63) is 59.3 Å². The van der Waals surface area contributed by atoms with Gasteiger partial charge in [0.25, 0.3) is 5.91 Å². The number of aryl methyl sites for hydroxylation is 2. The summed E-state index contributed by atoms with van der Waals surface area (Å²) in [7, 11) is 3.20. The number of benzene rings is 2. The Morgan fingerprint density at radius 2 is 1.76 bits per heavy atom. The Morgan fingerprint density at radius 3 is 2.48 bits per heavy atom. The number of hydrogen-bond donors (Lipinski definition) is 1. The fourth-order valence-corrected chi connectivity index (χ4v) is 2.77. The molecule has 1 N–H and O–H groups in total. The number of hydrogen-bond acceptors (Lipinski definition) is 4. The lowest BCUT2D eigenvalue weighted by molar-refractivity contribution is 0.102. The van der Waals surface area contributed by atoms with E-state index < -0.39 is 0 Å². The van der Waals surface area contributed by atoms with Gasteiger partial charge in [-0.3, -0.25) is 4.79 Å². The van der Waals surface area contributed by atoms with Crippen LogP contribution in [0.5, 0.6) is 11.5 Å². The van der Waals surface area contributed by atoms with Crippen LogP contribution in [0.3, 0.4) is 0 Å². The maximum Gasteiger partial charge on any atom is 0.255 e. The summed E-state index contributed by atoms with van der Waals surface area (Å²) in [5.41, 5.74) is 3.74. The third kappa shape index (κ3) is 3.26. The van der Waals surface area contributed by atoms with Crippen LogP contribution in [0.1, 0.15) is 21.6 Å². The minimum Gasteiger partial charge on any atom is -0.496 e. The second-order valence-electron chi connectivity index (χ2n) is 5.81. The minimum atomic E-state index is -0.201. The van der Waals surface area contributed by atoms with Crippen molar-refractivity contribution in [1.82, 2.24) is 4.98 Å². The number of rotatable bonds is 4. The van der Waals surface area contributed by atoms with Crippen molar-refractivity contribution in [2.45, 2.75) is 13.8 Å². The van der Waals surface area contributed by atoms with E-state index in [1.54, 1.807) is 26.4 Å². The van der Waals surface area contributed by atoms with Crippen molar-refractivity contribution in [2.75, 3.05) is 19.5 Å². The van der Waals surface area contributed by atoms with Gasteiger partial charge in [-0.05, 0) is 43.7 Å². The highest BCUT2D eigenvalue weighted by atomic mass is 16.5. The summed E-state index contributed by atoms with van der Waals surface area (Å²) in [5.74, 6) is 1.16. The molecule has 0 fully saturated rings. The van der Waals surface area contributed by atoms with E-state index in [2.05, 4.69) is 10.3 Å². The Kier molecular flexibility index (Phi) is 4.57. The van der Waals surface area contributed by atoms with Crippen LogP contribution in [0.4, 0.5) is 5.69 Å². The first-order valence-corrected chi connectivity index (χ1v) is 7.94. The number of aromatic nitrogens is 1. The van der Waals surface area contributed by atoms with Gasteiger partial charge >= 0.3 is 0 Å². The van der Waals surface area contributed by atoms with Gasteiger partial charge in [0, 0.05) is 16.6 Å². The normalized spacial score (nSPS) is 10.6. The zero-order chi connectivity index (χ0) is 18.0. The quantitative estimate of drug-likeness (QED) is 0.778. The molecule has 0 saturated heterocycles. The Bertz CT molecular complexity index is 951. The molecule has 5 nitrogen and oxygen atoms in total. The SMILES string of the molecule is COc1cc(C(=O)Nc2cc(C)nc3c(OC)cccc23)ccc1C. The molecule has 0 radical (unpaired) electrons. The molecule has 0 spiro atoms. The van der Waals surface area contributed by atoms with Gasteiger partial charge in [-0.2, -0.15) is 0 Å². The molecular weight excluding hydrogens is 316 g/mol. The molecule has 1 aromatic heterocycles. The summed E-state index contributed by atoms with van der Waals surface area (Å²) < 4.78 is 10.7. The van der Waals surface area contributed by atoms with Crippen molar-refractivity contribution < 1.29 is 14.3 Å². The monoisotopic (exact) mass is 336 g/mol. The molecule has 1 amide bonds. The highest BCUT2D eigenvalue weighted by Crippen LogP contribution is 2.30. The summed E-state index contributed by atoms with van der Waals surface area (Å²) >= 11 is 0. The number of anilines is 1. The van der Waals surface area contributed by atoms with Crippen molar-refractivity contribution in [3.63, 3.8) is 0 Å². The van der Waals surface area contributed by atoms with Gasteiger partial charge in [0.05, 0.1) is 19.9 Å². The lowest BCUT2D eigenvalue weighted by Crippen LogP contribution is -2.13. The molecule has 128 valence electrons. The van der Waals surface area contributed by atoms with E-state index in [-0.39, 0.29) is 5.91 Å². The first-order chi connectivity index (χ1) is 12.0. The van der Waals surface area contributed by atoms with Gasteiger partial charge in [-0.1, -0.05) is 18.2 Å². The average molecular weight is 336 g/mol. The summed E-state index contributed by atoms with van der Waals surface area (Å²) in [6, 6.07) is 12.9. The molecule has 0 aliphatic rings. The van der Waals surface area contributed by atoms with E-state index in [0.717, 1.165) is 22.2 Å². The second kappa shape index (κ2) is 6.81. The molecule has 25 heavy (non-hydrogen) atoms. The predicted molar refractivity (Wildman–Crippen MR) is 98.7 cm³/mol. The molecule has 5 heteroatoms. The number of carbonyl (C=O) groups is 1. The van der Waals surface area contributed by atoms with E-state index in [1.807, 2.05) is 44.2 Å². The fourth-order valence-electron chi connectivity index (χ4n) is 2.77. The topological polar surface area (TPSA) is 60.5 Å². The van der Waals surface area contributed by atoms with Crippen LogP contribution in [0.2, 0.25) is 0 Å². The van der Waals surface area contributed by atoms with E-state index in [9.17, 15) is 4.79 Å². The van der Waals surface area contributed by atoms with Gasteiger partial charge in [0.1, 0.15) is 17.0 Å². The van der Waals surface area contributed by atoms with E-state index in [0.29, 0.717) is 22.7 Å². The smallest absolute Gasteiger partial charge is 0.255 e. The van der Waals surface area contributed by atoms with E-state index in [1.165, 1.54) is 0 Å². The lowest BCUT2D eigenvalue weighted by Gasteiger charge is -2.13. The zero-order valence-corrected chi connectivity index (χ0v) is 14.7. The fraction of sp³-hybridized carbons (Fsp3) is 0.200. The molecule has 3 rings (SSSR count). The van der Waals surface area contributed by atoms with Crippen LogP contribution < -0.4 is 14.8 Å². The van der Waals surface area contributed by atoms with Crippen LogP contribution in [-0.2, 0) is 0 Å². The summed E-state index contributed by atoms with van der Waals surface area (Å²) in [5, 5.41) is 3.80. The first kappa shape index (κ1) is 16.8. The van der Waals surface area contributed by atoms with Crippen LogP contribution >= 0.6 is 0 Å². The third-order valence-corrected chi connectivity index (χ3v) is 4.07. The number of ether oxygens (including phenoxy) is 2. The molecular formula is C20H20N2O3. The highest BCUT2D eigenvalue weighted by Gasteiger charge is 2.13. The molecule has 0 unspecified atom stereocenters. The van der Waals surface area contributed by atoms with Crippen LogP contribution in [0, 0.1) is 13.8 Å². The van der Waals surface area contributed by atoms with Gasteiger partial charge in [-0.15, -0.1) is 0 Å². The molecule has 1 heterocycles. The second-order valence-corrected chi connectivity index (χ2v) is 5.81. The maximum atomic E-state index is 12.7. The highest BCUT2D eigenvalue weighted by molar-refractivity contribution is 6.09. The van der Waals surface area contributed by atoms with E-state index in [4.69, 9.17) is 9.47 Å². The van der Waals surface area contributed by atoms with Crippen molar-refractivity contribution in [1.29, 1.82) is 0 Å². The van der Waals surface area contributed by atoms with Crippen LogP contribution in [-0.4, -0.2) is 25.1 Å². The van der Waals surface area contributed by atoms with Gasteiger partial charge in [-0.25, -0.2) is 4.98 Å². The Balaban J connectivity index is 2.01. The summed E-state index contributed by atoms with van der Waals surface area (Å²) in [6.07, 6.45) is 0. The molecule has 3 aromatic rings. The molecule has 0 aliphatic carbocycles. The van der Waals surface area contributed by atoms with E-state index >= 15 is 0 Å². The van der Waals surface area contributed by atoms with Crippen molar-refractivity contribution >= 4 is 22.5 Å². The minimum absolute atomic E-state index is 0.201. The first-order valence-electron chi connectivity index (χ1n) is 7.94. The van der Waals surface area contributed by atoms with Crippen LogP contribution in [0.15, 0.2) is 42.5 Å². The maximum absolute atomic E-state index is 12.7.